The fourth-order valence-corrected chi connectivity index (χ4v) is 7.65. The quantitative estimate of drug-likeness (QED) is 0.343. The number of fused-ring (bicyclic) bond motifs is 1. The number of ether oxygens (including phenoxy) is 2. The Kier molecular flexibility index (Phi) is 9.95. The number of likely N-dealkylation sites (N-methyl/N-ethyl adjacent to an activating group) is 1. The third-order valence-corrected chi connectivity index (χ3v) is 10.1. The van der Waals surface area contributed by atoms with E-state index in [-0.39, 0.29) is 34.8 Å². The number of hydrogen-bond acceptors (Lipinski definition) is 7. The van der Waals surface area contributed by atoms with Crippen molar-refractivity contribution >= 4 is 35.3 Å². The fraction of sp³-hybridized carbons (Fsp3) is 0.500. The number of carbonyl (C=O) groups is 2. The number of benzene rings is 2. The van der Waals surface area contributed by atoms with Crippen LogP contribution >= 0.6 is 11.8 Å². The van der Waals surface area contributed by atoms with Crippen molar-refractivity contribution in [2.24, 2.45) is 5.92 Å². The van der Waals surface area contributed by atoms with Gasteiger partial charge in [0.05, 0.1) is 19.1 Å². The third-order valence-electron chi connectivity index (χ3n) is 8.65. The molecule has 2 aliphatic heterocycles. The molecule has 2 heterocycles. The summed E-state index contributed by atoms with van der Waals surface area (Å²) in [6.07, 6.45) is 5.24. The van der Waals surface area contributed by atoms with Gasteiger partial charge in [-0.25, -0.2) is 4.39 Å². The molecule has 0 spiro atoms. The predicted molar refractivity (Wildman–Crippen MR) is 165 cm³/mol. The highest BCUT2D eigenvalue weighted by Gasteiger charge is 2.42. The average molecular weight is 597 g/mol. The second kappa shape index (κ2) is 13.8. The maximum absolute atomic E-state index is 13.3. The highest BCUT2D eigenvalue weighted by atomic mass is 32.2. The molecule has 3 atom stereocenters. The number of halogens is 1. The van der Waals surface area contributed by atoms with Gasteiger partial charge in [0, 0.05) is 62.7 Å². The Morgan fingerprint density at radius 3 is 2.50 bits per heavy atom. The number of nitrogens with zero attached hydrogens (tertiary/aromatic N) is 3. The van der Waals surface area contributed by atoms with Crippen LogP contribution in [0.1, 0.15) is 31.2 Å². The molecule has 0 bridgehead atoms. The van der Waals surface area contributed by atoms with Crippen LogP contribution in [0.3, 0.4) is 0 Å². The van der Waals surface area contributed by atoms with Gasteiger partial charge in [-0.15, -0.1) is 11.8 Å². The van der Waals surface area contributed by atoms with Gasteiger partial charge in [0.1, 0.15) is 5.82 Å². The Bertz CT molecular complexity index is 1280. The molecule has 10 heteroatoms. The number of piperazine rings is 1. The molecule has 1 saturated carbocycles. The zero-order valence-electron chi connectivity index (χ0n) is 24.7. The lowest BCUT2D eigenvalue weighted by atomic mass is 9.83. The highest BCUT2D eigenvalue weighted by Crippen LogP contribution is 2.43. The summed E-state index contributed by atoms with van der Waals surface area (Å²) in [4.78, 5) is 33.6. The van der Waals surface area contributed by atoms with Gasteiger partial charge in [-0.1, -0.05) is 6.07 Å². The van der Waals surface area contributed by atoms with Crippen LogP contribution in [0.5, 0.6) is 11.5 Å². The molecule has 2 saturated heterocycles. The molecular weight excluding hydrogens is 555 g/mol. The SMILES string of the molecule is COc1ccc(/C=C2\SC3CCC(C(=O)NCCCN4CCN(c5ccc(F)cc5)CC4)CC3N(C)C2=O)cc1OC. The molecule has 8 nitrogen and oxygen atoms in total. The molecule has 1 N–H and O–H groups in total. The standard InChI is InChI=1S/C32H41FN4O4S/c1-35-26-21-23(6-12-29(26)42-30(32(35)39)20-22-5-11-27(40-2)28(19-22)41-3)31(38)34-13-4-14-36-15-17-37(18-16-36)25-9-7-24(33)8-10-25/h5,7-11,19-20,23,26,29H,4,6,12-18,21H2,1-3H3,(H,34,38)/b30-20-. The highest BCUT2D eigenvalue weighted by molar-refractivity contribution is 8.04. The number of hydrogen-bond donors (Lipinski definition) is 1. The normalized spacial score (nSPS) is 24.0. The zero-order chi connectivity index (χ0) is 29.6. The van der Waals surface area contributed by atoms with E-state index in [1.54, 1.807) is 26.0 Å². The number of methoxy groups -OCH3 is 2. The van der Waals surface area contributed by atoms with Crippen LogP contribution in [-0.2, 0) is 9.59 Å². The Morgan fingerprint density at radius 2 is 1.79 bits per heavy atom. The van der Waals surface area contributed by atoms with E-state index < -0.39 is 0 Å². The first-order chi connectivity index (χ1) is 20.4. The second-order valence-corrected chi connectivity index (χ2v) is 12.5. The number of anilines is 1. The van der Waals surface area contributed by atoms with Gasteiger partial charge < -0.3 is 24.6 Å². The van der Waals surface area contributed by atoms with Gasteiger partial charge in [0.25, 0.3) is 5.91 Å². The van der Waals surface area contributed by atoms with E-state index in [0.29, 0.717) is 29.4 Å². The summed E-state index contributed by atoms with van der Waals surface area (Å²) >= 11 is 1.64. The fourth-order valence-electron chi connectivity index (χ4n) is 6.17. The predicted octanol–water partition coefficient (Wildman–Crippen LogP) is 4.25. The number of amides is 2. The molecule has 2 aromatic rings. The Morgan fingerprint density at radius 1 is 1.05 bits per heavy atom. The van der Waals surface area contributed by atoms with E-state index in [0.717, 1.165) is 63.2 Å². The minimum atomic E-state index is -0.209. The van der Waals surface area contributed by atoms with Crippen LogP contribution in [0.15, 0.2) is 47.4 Å². The molecule has 3 unspecified atom stereocenters. The maximum atomic E-state index is 13.3. The van der Waals surface area contributed by atoms with Crippen molar-refractivity contribution in [2.75, 3.05) is 65.4 Å². The summed E-state index contributed by atoms with van der Waals surface area (Å²) in [6, 6.07) is 12.4. The summed E-state index contributed by atoms with van der Waals surface area (Å²) in [6.45, 7) is 5.34. The van der Waals surface area contributed by atoms with Crippen molar-refractivity contribution < 1.29 is 23.5 Å². The lowest BCUT2D eigenvalue weighted by Gasteiger charge is -2.44. The number of nitrogens with one attached hydrogen (secondary N) is 1. The van der Waals surface area contributed by atoms with Gasteiger partial charge in [0.15, 0.2) is 11.5 Å². The van der Waals surface area contributed by atoms with E-state index >= 15 is 0 Å². The van der Waals surface area contributed by atoms with Gasteiger partial charge in [-0.05, 0) is 80.3 Å². The second-order valence-electron chi connectivity index (χ2n) is 11.2. The molecule has 3 aliphatic rings. The Hall–Kier alpha value is -3.24. The number of carbonyl (C=O) groups excluding carboxylic acids is 2. The lowest BCUT2D eigenvalue weighted by Crippen LogP contribution is -2.52. The van der Waals surface area contributed by atoms with E-state index in [2.05, 4.69) is 15.1 Å². The monoisotopic (exact) mass is 596 g/mol. The van der Waals surface area contributed by atoms with Crippen LogP contribution in [0.4, 0.5) is 10.1 Å². The summed E-state index contributed by atoms with van der Waals surface area (Å²) < 4.78 is 23.9. The summed E-state index contributed by atoms with van der Waals surface area (Å²) in [5.74, 6) is 1.10. The van der Waals surface area contributed by atoms with Gasteiger partial charge in [0.2, 0.25) is 5.91 Å². The van der Waals surface area contributed by atoms with Crippen molar-refractivity contribution in [1.29, 1.82) is 0 Å². The molecular formula is C32H41FN4O4S. The summed E-state index contributed by atoms with van der Waals surface area (Å²) in [5, 5.41) is 3.43. The van der Waals surface area contributed by atoms with Gasteiger partial charge >= 0.3 is 0 Å². The molecule has 3 fully saturated rings. The number of thioether (sulfide) groups is 1. The van der Waals surface area contributed by atoms with Crippen molar-refractivity contribution in [3.05, 3.63) is 58.8 Å². The molecule has 1 aliphatic carbocycles. The van der Waals surface area contributed by atoms with Crippen LogP contribution < -0.4 is 19.7 Å². The molecule has 42 heavy (non-hydrogen) atoms. The van der Waals surface area contributed by atoms with Crippen molar-refractivity contribution in [3.63, 3.8) is 0 Å². The van der Waals surface area contributed by atoms with E-state index in [1.807, 2.05) is 48.4 Å². The first-order valence-corrected chi connectivity index (χ1v) is 15.6. The Labute approximate surface area is 252 Å². The first-order valence-electron chi connectivity index (χ1n) is 14.7. The van der Waals surface area contributed by atoms with Crippen molar-refractivity contribution in [1.82, 2.24) is 15.1 Å². The van der Waals surface area contributed by atoms with E-state index in [9.17, 15) is 14.0 Å². The zero-order valence-corrected chi connectivity index (χ0v) is 25.5. The summed E-state index contributed by atoms with van der Waals surface area (Å²) in [7, 11) is 5.06. The maximum Gasteiger partial charge on any atom is 0.260 e. The van der Waals surface area contributed by atoms with Gasteiger partial charge in [-0.3, -0.25) is 14.5 Å². The largest absolute Gasteiger partial charge is 0.493 e. The molecule has 5 rings (SSSR count). The van der Waals surface area contributed by atoms with Crippen molar-refractivity contribution in [2.45, 2.75) is 37.0 Å². The summed E-state index contributed by atoms with van der Waals surface area (Å²) in [5.41, 5.74) is 1.95. The minimum absolute atomic E-state index is 0.00313. The van der Waals surface area contributed by atoms with Crippen LogP contribution in [0.2, 0.25) is 0 Å². The molecule has 2 aromatic carbocycles. The van der Waals surface area contributed by atoms with E-state index in [1.165, 1.54) is 12.1 Å². The van der Waals surface area contributed by atoms with Gasteiger partial charge in [-0.2, -0.15) is 0 Å². The van der Waals surface area contributed by atoms with Crippen LogP contribution in [0, 0.1) is 11.7 Å². The number of rotatable bonds is 9. The van der Waals surface area contributed by atoms with Crippen molar-refractivity contribution in [3.8, 4) is 11.5 Å². The minimum Gasteiger partial charge on any atom is -0.493 e. The third kappa shape index (κ3) is 7.03. The van der Waals surface area contributed by atoms with Crippen LogP contribution in [0.25, 0.3) is 6.08 Å². The van der Waals surface area contributed by atoms with E-state index in [4.69, 9.17) is 9.47 Å². The first kappa shape index (κ1) is 30.2. The molecule has 0 aromatic heterocycles. The Balaban J connectivity index is 1.06. The van der Waals surface area contributed by atoms with Crippen LogP contribution in [-0.4, -0.2) is 93.4 Å². The molecule has 2 amide bonds. The smallest absolute Gasteiger partial charge is 0.260 e. The molecule has 0 radical (unpaired) electrons. The topological polar surface area (TPSA) is 74.4 Å². The lowest BCUT2D eigenvalue weighted by molar-refractivity contribution is -0.131. The average Bonchev–Trinajstić information content (AvgIpc) is 3.02. The molecule has 226 valence electrons.